The maximum atomic E-state index is 13.1. The molecule has 0 radical (unpaired) electrons. The minimum atomic E-state index is -0.290. The Bertz CT molecular complexity index is 527. The van der Waals surface area contributed by atoms with Crippen LogP contribution in [0.3, 0.4) is 0 Å². The number of aliphatic hydroxyl groups is 1. The summed E-state index contributed by atoms with van der Waals surface area (Å²) in [6.45, 7) is 1.95. The molecule has 2 rings (SSSR count). The fraction of sp³-hybridized carbons (Fsp3) is 0.200. The Balaban J connectivity index is 2.23. The summed E-state index contributed by atoms with van der Waals surface area (Å²) in [4.78, 5) is 0. The molecular weight excluding hydrogens is 229 g/mol. The number of anilines is 1. The second-order valence-electron chi connectivity index (χ2n) is 4.25. The Morgan fingerprint density at radius 1 is 1.17 bits per heavy atom. The zero-order chi connectivity index (χ0) is 13.0. The molecule has 0 aliphatic heterocycles. The van der Waals surface area contributed by atoms with Crippen molar-refractivity contribution in [3.8, 4) is 0 Å². The van der Waals surface area contributed by atoms with Crippen LogP contribution in [0.5, 0.6) is 0 Å². The quantitative estimate of drug-likeness (QED) is 0.866. The van der Waals surface area contributed by atoms with E-state index in [2.05, 4.69) is 5.32 Å². The number of halogens is 1. The number of aliphatic hydroxyl groups excluding tert-OH is 1. The Morgan fingerprint density at radius 2 is 1.94 bits per heavy atom. The average Bonchev–Trinajstić information content (AvgIpc) is 2.37. The van der Waals surface area contributed by atoms with Crippen molar-refractivity contribution in [3.05, 3.63) is 65.5 Å². The van der Waals surface area contributed by atoms with Crippen molar-refractivity contribution in [1.82, 2.24) is 0 Å². The molecule has 0 aliphatic rings. The molecule has 2 aromatic rings. The van der Waals surface area contributed by atoms with Gasteiger partial charge in [0.2, 0.25) is 0 Å². The van der Waals surface area contributed by atoms with Crippen LogP contribution in [-0.4, -0.2) is 11.7 Å². The van der Waals surface area contributed by atoms with Crippen LogP contribution < -0.4 is 5.32 Å². The van der Waals surface area contributed by atoms with E-state index in [1.54, 1.807) is 12.1 Å². The van der Waals surface area contributed by atoms with Crippen molar-refractivity contribution >= 4 is 5.69 Å². The van der Waals surface area contributed by atoms with Gasteiger partial charge in [-0.3, -0.25) is 0 Å². The highest BCUT2D eigenvalue weighted by Crippen LogP contribution is 2.22. The highest BCUT2D eigenvalue weighted by atomic mass is 19.1. The van der Waals surface area contributed by atoms with Crippen LogP contribution in [0.25, 0.3) is 0 Å². The molecule has 2 nitrogen and oxygen atoms in total. The van der Waals surface area contributed by atoms with Gasteiger partial charge < -0.3 is 10.4 Å². The molecule has 2 aromatic carbocycles. The van der Waals surface area contributed by atoms with Gasteiger partial charge in [-0.15, -0.1) is 0 Å². The monoisotopic (exact) mass is 245 g/mol. The molecule has 0 fully saturated rings. The van der Waals surface area contributed by atoms with Gasteiger partial charge in [-0.05, 0) is 36.2 Å². The largest absolute Gasteiger partial charge is 0.394 e. The summed E-state index contributed by atoms with van der Waals surface area (Å²) in [7, 11) is 0. The van der Waals surface area contributed by atoms with Crippen molar-refractivity contribution in [3.63, 3.8) is 0 Å². The van der Waals surface area contributed by atoms with E-state index in [9.17, 15) is 9.50 Å². The van der Waals surface area contributed by atoms with Gasteiger partial charge in [-0.25, -0.2) is 4.39 Å². The molecule has 0 spiro atoms. The summed E-state index contributed by atoms with van der Waals surface area (Å²) >= 11 is 0. The van der Waals surface area contributed by atoms with Crippen molar-refractivity contribution in [1.29, 1.82) is 0 Å². The van der Waals surface area contributed by atoms with Gasteiger partial charge >= 0.3 is 0 Å². The zero-order valence-corrected chi connectivity index (χ0v) is 10.2. The first kappa shape index (κ1) is 12.6. The minimum Gasteiger partial charge on any atom is -0.394 e. The van der Waals surface area contributed by atoms with Crippen molar-refractivity contribution in [2.75, 3.05) is 11.9 Å². The lowest BCUT2D eigenvalue weighted by Gasteiger charge is -2.20. The van der Waals surface area contributed by atoms with E-state index in [-0.39, 0.29) is 18.5 Å². The summed E-state index contributed by atoms with van der Waals surface area (Å²) in [5, 5.41) is 12.6. The van der Waals surface area contributed by atoms with Crippen LogP contribution in [-0.2, 0) is 0 Å². The van der Waals surface area contributed by atoms with Gasteiger partial charge in [0.05, 0.1) is 12.6 Å². The van der Waals surface area contributed by atoms with Crippen molar-refractivity contribution < 1.29 is 9.50 Å². The Morgan fingerprint density at radius 3 is 2.61 bits per heavy atom. The summed E-state index contributed by atoms with van der Waals surface area (Å²) in [6.07, 6.45) is 0. The van der Waals surface area contributed by atoms with Crippen LogP contribution in [0.1, 0.15) is 17.2 Å². The molecule has 1 unspecified atom stereocenters. The normalized spacial score (nSPS) is 12.2. The zero-order valence-electron chi connectivity index (χ0n) is 10.2. The van der Waals surface area contributed by atoms with E-state index in [4.69, 9.17) is 0 Å². The second kappa shape index (κ2) is 5.65. The third kappa shape index (κ3) is 2.87. The number of hydrogen-bond acceptors (Lipinski definition) is 2. The first-order valence-electron chi connectivity index (χ1n) is 5.89. The highest BCUT2D eigenvalue weighted by Gasteiger charge is 2.12. The average molecular weight is 245 g/mol. The van der Waals surface area contributed by atoms with E-state index >= 15 is 0 Å². The molecule has 3 heteroatoms. The molecule has 0 saturated carbocycles. The first-order chi connectivity index (χ1) is 8.70. The van der Waals surface area contributed by atoms with Gasteiger partial charge in [0.25, 0.3) is 0 Å². The molecule has 0 aliphatic carbocycles. The van der Waals surface area contributed by atoms with E-state index in [0.29, 0.717) is 5.69 Å². The van der Waals surface area contributed by atoms with Crippen molar-refractivity contribution in [2.24, 2.45) is 0 Å². The lowest BCUT2D eigenvalue weighted by atomic mass is 10.0. The summed E-state index contributed by atoms with van der Waals surface area (Å²) in [6, 6.07) is 13.8. The lowest BCUT2D eigenvalue weighted by Crippen LogP contribution is -2.16. The molecule has 94 valence electrons. The third-order valence-corrected chi connectivity index (χ3v) is 2.91. The van der Waals surface area contributed by atoms with Gasteiger partial charge in [0.15, 0.2) is 0 Å². The van der Waals surface area contributed by atoms with E-state index in [1.807, 2.05) is 31.2 Å². The SMILES string of the molecule is Cc1ccccc1C(CO)Nc1cccc(F)c1. The van der Waals surface area contributed by atoms with E-state index in [1.165, 1.54) is 12.1 Å². The first-order valence-corrected chi connectivity index (χ1v) is 5.89. The van der Waals surface area contributed by atoms with Crippen LogP contribution in [0.4, 0.5) is 10.1 Å². The van der Waals surface area contributed by atoms with Crippen molar-refractivity contribution in [2.45, 2.75) is 13.0 Å². The lowest BCUT2D eigenvalue weighted by molar-refractivity contribution is 0.276. The standard InChI is InChI=1S/C15H16FNO/c1-11-5-2-3-8-14(11)15(10-18)17-13-7-4-6-12(16)9-13/h2-9,15,17-18H,10H2,1H3. The summed E-state index contributed by atoms with van der Waals surface area (Å²) < 4.78 is 13.1. The number of benzene rings is 2. The molecule has 0 aromatic heterocycles. The smallest absolute Gasteiger partial charge is 0.125 e. The number of aryl methyl sites for hydroxylation is 1. The topological polar surface area (TPSA) is 32.3 Å². The maximum absolute atomic E-state index is 13.1. The second-order valence-corrected chi connectivity index (χ2v) is 4.25. The number of hydrogen-bond donors (Lipinski definition) is 2. The maximum Gasteiger partial charge on any atom is 0.125 e. The summed E-state index contributed by atoms with van der Waals surface area (Å²) in [5.74, 6) is -0.290. The summed E-state index contributed by atoms with van der Waals surface area (Å²) in [5.41, 5.74) is 2.78. The van der Waals surface area contributed by atoms with Crippen LogP contribution in [0.2, 0.25) is 0 Å². The minimum absolute atomic E-state index is 0.0403. The predicted octanol–water partition coefficient (Wildman–Crippen LogP) is 3.28. The van der Waals surface area contributed by atoms with Crippen LogP contribution >= 0.6 is 0 Å². The third-order valence-electron chi connectivity index (χ3n) is 2.91. The molecule has 0 bridgehead atoms. The Labute approximate surface area is 106 Å². The molecule has 0 amide bonds. The van der Waals surface area contributed by atoms with Gasteiger partial charge in [0, 0.05) is 5.69 Å². The molecule has 2 N–H and O–H groups in total. The predicted molar refractivity (Wildman–Crippen MR) is 71.0 cm³/mol. The molecule has 0 heterocycles. The van der Waals surface area contributed by atoms with E-state index in [0.717, 1.165) is 11.1 Å². The number of nitrogens with one attached hydrogen (secondary N) is 1. The molecule has 0 saturated heterocycles. The van der Waals surface area contributed by atoms with Crippen LogP contribution in [0.15, 0.2) is 48.5 Å². The Kier molecular flexibility index (Phi) is 3.95. The Hall–Kier alpha value is -1.87. The molecule has 18 heavy (non-hydrogen) atoms. The van der Waals surface area contributed by atoms with Gasteiger partial charge in [-0.1, -0.05) is 30.3 Å². The number of rotatable bonds is 4. The fourth-order valence-corrected chi connectivity index (χ4v) is 1.98. The van der Waals surface area contributed by atoms with Gasteiger partial charge in [-0.2, -0.15) is 0 Å². The fourth-order valence-electron chi connectivity index (χ4n) is 1.98. The molecular formula is C15H16FNO. The highest BCUT2D eigenvalue weighted by molar-refractivity contribution is 5.46. The van der Waals surface area contributed by atoms with Crippen LogP contribution in [0, 0.1) is 12.7 Å². The van der Waals surface area contributed by atoms with E-state index < -0.39 is 0 Å². The van der Waals surface area contributed by atoms with Gasteiger partial charge in [0.1, 0.15) is 5.82 Å². The molecule has 1 atom stereocenters.